The normalized spacial score (nSPS) is 16.8. The highest BCUT2D eigenvalue weighted by Crippen LogP contribution is 2.36. The highest BCUT2D eigenvalue weighted by molar-refractivity contribution is 5.85. The zero-order valence-corrected chi connectivity index (χ0v) is 10.2. The third-order valence-electron chi connectivity index (χ3n) is 3.24. The number of esters is 1. The minimum atomic E-state index is -0.541. The van der Waals surface area contributed by atoms with Gasteiger partial charge >= 0.3 is 5.97 Å². The van der Waals surface area contributed by atoms with E-state index in [-0.39, 0.29) is 5.97 Å². The molecule has 0 amide bonds. The first kappa shape index (κ1) is 11.8. The SMILES string of the molecule is COC(=O)C1(Nc2cccc(OC)c2)CCC1. The zero-order valence-electron chi connectivity index (χ0n) is 10.2. The summed E-state index contributed by atoms with van der Waals surface area (Å²) >= 11 is 0. The number of rotatable bonds is 4. The number of ether oxygens (including phenoxy) is 2. The Morgan fingerprint density at radius 2 is 2.12 bits per heavy atom. The summed E-state index contributed by atoms with van der Waals surface area (Å²) in [6, 6.07) is 7.57. The number of carbonyl (C=O) groups excluding carboxylic acids is 1. The van der Waals surface area contributed by atoms with E-state index < -0.39 is 5.54 Å². The summed E-state index contributed by atoms with van der Waals surface area (Å²) in [5.74, 6) is 0.584. The van der Waals surface area contributed by atoms with Crippen LogP contribution in [-0.2, 0) is 9.53 Å². The predicted octanol–water partition coefficient (Wildman–Crippen LogP) is 2.20. The molecular weight excluding hydrogens is 218 g/mol. The second kappa shape index (κ2) is 4.65. The number of hydrogen-bond acceptors (Lipinski definition) is 4. The molecule has 1 saturated carbocycles. The van der Waals surface area contributed by atoms with Gasteiger partial charge in [0, 0.05) is 11.8 Å². The summed E-state index contributed by atoms with van der Waals surface area (Å²) in [5, 5.41) is 3.26. The fourth-order valence-corrected chi connectivity index (χ4v) is 2.08. The molecule has 1 aliphatic carbocycles. The lowest BCUT2D eigenvalue weighted by Crippen LogP contribution is -2.52. The van der Waals surface area contributed by atoms with Crippen molar-refractivity contribution >= 4 is 11.7 Å². The molecule has 4 nitrogen and oxygen atoms in total. The maximum Gasteiger partial charge on any atom is 0.331 e. The fraction of sp³-hybridized carbons (Fsp3) is 0.462. The maximum absolute atomic E-state index is 11.8. The number of anilines is 1. The van der Waals surface area contributed by atoms with Crippen molar-refractivity contribution in [3.8, 4) is 5.75 Å². The van der Waals surface area contributed by atoms with E-state index in [4.69, 9.17) is 9.47 Å². The Morgan fingerprint density at radius 3 is 2.65 bits per heavy atom. The van der Waals surface area contributed by atoms with Crippen molar-refractivity contribution in [3.63, 3.8) is 0 Å². The van der Waals surface area contributed by atoms with Crippen molar-refractivity contribution in [2.75, 3.05) is 19.5 Å². The number of benzene rings is 1. The van der Waals surface area contributed by atoms with Gasteiger partial charge in [-0.25, -0.2) is 4.79 Å². The van der Waals surface area contributed by atoms with Gasteiger partial charge in [0.25, 0.3) is 0 Å². The van der Waals surface area contributed by atoms with Crippen LogP contribution in [0, 0.1) is 0 Å². The molecule has 0 radical (unpaired) electrons. The van der Waals surface area contributed by atoms with E-state index >= 15 is 0 Å². The lowest BCUT2D eigenvalue weighted by molar-refractivity contribution is -0.149. The number of methoxy groups -OCH3 is 2. The van der Waals surface area contributed by atoms with Crippen LogP contribution in [0.4, 0.5) is 5.69 Å². The van der Waals surface area contributed by atoms with Gasteiger partial charge in [-0.2, -0.15) is 0 Å². The molecule has 0 atom stereocenters. The molecule has 1 aromatic rings. The van der Waals surface area contributed by atoms with Gasteiger partial charge in [0.1, 0.15) is 11.3 Å². The highest BCUT2D eigenvalue weighted by Gasteiger charge is 2.45. The lowest BCUT2D eigenvalue weighted by Gasteiger charge is -2.40. The molecule has 0 spiro atoms. The Balaban J connectivity index is 2.15. The maximum atomic E-state index is 11.8. The summed E-state index contributed by atoms with van der Waals surface area (Å²) in [5.41, 5.74) is 0.343. The van der Waals surface area contributed by atoms with E-state index in [0.717, 1.165) is 30.7 Å². The van der Waals surface area contributed by atoms with Crippen LogP contribution in [0.25, 0.3) is 0 Å². The van der Waals surface area contributed by atoms with Gasteiger partial charge in [-0.05, 0) is 31.4 Å². The molecule has 1 N–H and O–H groups in total. The second-order valence-electron chi connectivity index (χ2n) is 4.28. The van der Waals surface area contributed by atoms with Crippen molar-refractivity contribution in [2.24, 2.45) is 0 Å². The molecule has 0 bridgehead atoms. The van der Waals surface area contributed by atoms with Gasteiger partial charge in [-0.15, -0.1) is 0 Å². The topological polar surface area (TPSA) is 47.6 Å². The van der Waals surface area contributed by atoms with Crippen LogP contribution in [0.15, 0.2) is 24.3 Å². The first-order valence-electron chi connectivity index (χ1n) is 5.71. The average molecular weight is 235 g/mol. The molecule has 1 aromatic carbocycles. The summed E-state index contributed by atoms with van der Waals surface area (Å²) in [6.07, 6.45) is 2.68. The molecule has 1 fully saturated rings. The van der Waals surface area contributed by atoms with Crippen LogP contribution < -0.4 is 10.1 Å². The minimum Gasteiger partial charge on any atom is -0.497 e. The first-order chi connectivity index (χ1) is 8.20. The van der Waals surface area contributed by atoms with Crippen molar-refractivity contribution in [2.45, 2.75) is 24.8 Å². The zero-order chi connectivity index (χ0) is 12.3. The molecule has 0 saturated heterocycles. The number of carbonyl (C=O) groups is 1. The van der Waals surface area contributed by atoms with E-state index in [1.54, 1.807) is 7.11 Å². The van der Waals surface area contributed by atoms with Gasteiger partial charge in [-0.3, -0.25) is 0 Å². The van der Waals surface area contributed by atoms with Gasteiger partial charge in [0.2, 0.25) is 0 Å². The monoisotopic (exact) mass is 235 g/mol. The van der Waals surface area contributed by atoms with Crippen LogP contribution in [0.3, 0.4) is 0 Å². The molecule has 0 unspecified atom stereocenters. The Labute approximate surface area is 101 Å². The van der Waals surface area contributed by atoms with E-state index in [2.05, 4.69) is 5.32 Å². The van der Waals surface area contributed by atoms with Gasteiger partial charge in [0.05, 0.1) is 14.2 Å². The Bertz CT molecular complexity index is 413. The Hall–Kier alpha value is -1.71. The van der Waals surface area contributed by atoms with Crippen molar-refractivity contribution < 1.29 is 14.3 Å². The third kappa shape index (κ3) is 2.20. The van der Waals surface area contributed by atoms with Gasteiger partial charge in [0.15, 0.2) is 0 Å². The van der Waals surface area contributed by atoms with E-state index in [1.165, 1.54) is 7.11 Å². The Morgan fingerprint density at radius 1 is 1.35 bits per heavy atom. The van der Waals surface area contributed by atoms with E-state index in [9.17, 15) is 4.79 Å². The molecule has 1 aliphatic rings. The number of nitrogens with one attached hydrogen (secondary N) is 1. The number of hydrogen-bond donors (Lipinski definition) is 1. The molecule has 0 aliphatic heterocycles. The van der Waals surface area contributed by atoms with Crippen LogP contribution in [0.5, 0.6) is 5.75 Å². The fourth-order valence-electron chi connectivity index (χ4n) is 2.08. The van der Waals surface area contributed by atoms with Gasteiger partial charge in [-0.1, -0.05) is 6.07 Å². The standard InChI is InChI=1S/C13H17NO3/c1-16-11-6-3-5-10(9-11)14-13(7-4-8-13)12(15)17-2/h3,5-6,9,14H,4,7-8H2,1-2H3. The summed E-state index contributed by atoms with van der Waals surface area (Å²) in [6.45, 7) is 0. The van der Waals surface area contributed by atoms with Crippen LogP contribution in [-0.4, -0.2) is 25.7 Å². The van der Waals surface area contributed by atoms with Crippen LogP contribution >= 0.6 is 0 Å². The summed E-state index contributed by atoms with van der Waals surface area (Å²) < 4.78 is 10.0. The molecule has 0 heterocycles. The second-order valence-corrected chi connectivity index (χ2v) is 4.28. The molecule has 17 heavy (non-hydrogen) atoms. The summed E-state index contributed by atoms with van der Waals surface area (Å²) in [4.78, 5) is 11.8. The van der Waals surface area contributed by atoms with E-state index in [0.29, 0.717) is 0 Å². The molecule has 4 heteroatoms. The average Bonchev–Trinajstić information content (AvgIpc) is 2.33. The Kier molecular flexibility index (Phi) is 3.22. The first-order valence-corrected chi connectivity index (χ1v) is 5.71. The van der Waals surface area contributed by atoms with Crippen LogP contribution in [0.1, 0.15) is 19.3 Å². The molecule has 92 valence electrons. The van der Waals surface area contributed by atoms with Crippen LogP contribution in [0.2, 0.25) is 0 Å². The molecule has 2 rings (SSSR count). The van der Waals surface area contributed by atoms with Gasteiger partial charge < -0.3 is 14.8 Å². The highest BCUT2D eigenvalue weighted by atomic mass is 16.5. The largest absolute Gasteiger partial charge is 0.497 e. The van der Waals surface area contributed by atoms with Crippen molar-refractivity contribution in [1.82, 2.24) is 0 Å². The van der Waals surface area contributed by atoms with Crippen molar-refractivity contribution in [3.05, 3.63) is 24.3 Å². The smallest absolute Gasteiger partial charge is 0.331 e. The lowest BCUT2D eigenvalue weighted by atomic mass is 9.76. The minimum absolute atomic E-state index is 0.188. The van der Waals surface area contributed by atoms with E-state index in [1.807, 2.05) is 24.3 Å². The molecule has 0 aromatic heterocycles. The predicted molar refractivity (Wildman–Crippen MR) is 65.2 cm³/mol. The molecular formula is C13H17NO3. The van der Waals surface area contributed by atoms with Crippen molar-refractivity contribution in [1.29, 1.82) is 0 Å². The summed E-state index contributed by atoms with van der Waals surface area (Å²) in [7, 11) is 3.05. The third-order valence-corrected chi connectivity index (χ3v) is 3.24. The quantitative estimate of drug-likeness (QED) is 0.813.